The molecule has 0 amide bonds. The van der Waals surface area contributed by atoms with E-state index in [4.69, 9.17) is 4.99 Å². The Labute approximate surface area is 152 Å². The third kappa shape index (κ3) is 3.41. The van der Waals surface area contributed by atoms with Gasteiger partial charge in [0, 0.05) is 26.2 Å². The lowest BCUT2D eigenvalue weighted by molar-refractivity contribution is 0.299. The summed E-state index contributed by atoms with van der Waals surface area (Å²) in [4.78, 5) is 7.66. The van der Waals surface area contributed by atoms with E-state index in [-0.39, 0.29) is 24.0 Å². The highest BCUT2D eigenvalue weighted by atomic mass is 127. The van der Waals surface area contributed by atoms with Crippen LogP contribution in [0.3, 0.4) is 0 Å². The van der Waals surface area contributed by atoms with Crippen molar-refractivity contribution in [2.24, 2.45) is 28.2 Å². The molecule has 4 heteroatoms. The molecule has 3 saturated carbocycles. The van der Waals surface area contributed by atoms with Crippen molar-refractivity contribution in [3.63, 3.8) is 0 Å². The number of hydrogen-bond acceptors (Lipinski definition) is 1. The predicted octanol–water partition coefficient (Wildman–Crippen LogP) is 3.88. The number of nitrogens with zero attached hydrogens (tertiary/aromatic N) is 2. The van der Waals surface area contributed by atoms with Crippen molar-refractivity contribution in [1.29, 1.82) is 0 Å². The van der Waals surface area contributed by atoms with Crippen LogP contribution in [-0.4, -0.2) is 37.0 Å². The van der Waals surface area contributed by atoms with E-state index < -0.39 is 0 Å². The van der Waals surface area contributed by atoms with Gasteiger partial charge in [-0.25, -0.2) is 0 Å². The maximum Gasteiger partial charge on any atom is 0.193 e. The Bertz CT molecular complexity index is 401. The highest BCUT2D eigenvalue weighted by Crippen LogP contribution is 2.61. The molecule has 0 aromatic heterocycles. The number of guanidine groups is 1. The number of halogens is 1. The van der Waals surface area contributed by atoms with Gasteiger partial charge in [-0.1, -0.05) is 12.8 Å². The lowest BCUT2D eigenvalue weighted by Crippen LogP contribution is -2.40. The predicted molar refractivity (Wildman–Crippen MR) is 103 cm³/mol. The molecule has 1 saturated heterocycles. The smallest absolute Gasteiger partial charge is 0.193 e. The average Bonchev–Trinajstić information content (AvgIpc) is 3.39. The lowest BCUT2D eigenvalue weighted by atomic mass is 9.82. The van der Waals surface area contributed by atoms with Crippen molar-refractivity contribution in [3.05, 3.63) is 0 Å². The van der Waals surface area contributed by atoms with Gasteiger partial charge < -0.3 is 10.2 Å². The Balaban J connectivity index is 0.00000144. The van der Waals surface area contributed by atoms with Crippen LogP contribution < -0.4 is 5.32 Å². The van der Waals surface area contributed by atoms with Crippen LogP contribution in [0.1, 0.15) is 58.3 Å². The van der Waals surface area contributed by atoms with Crippen LogP contribution in [-0.2, 0) is 0 Å². The maximum absolute atomic E-state index is 5.08. The molecule has 126 valence electrons. The molecule has 2 atom stereocenters. The van der Waals surface area contributed by atoms with Crippen molar-refractivity contribution >= 4 is 29.9 Å². The van der Waals surface area contributed by atoms with E-state index in [2.05, 4.69) is 17.1 Å². The van der Waals surface area contributed by atoms with Crippen LogP contribution in [0.5, 0.6) is 0 Å². The average molecular weight is 417 g/mol. The molecule has 4 fully saturated rings. The largest absolute Gasteiger partial charge is 0.357 e. The Morgan fingerprint density at radius 1 is 1.09 bits per heavy atom. The zero-order valence-corrected chi connectivity index (χ0v) is 16.4. The minimum atomic E-state index is 0. The first-order valence-corrected chi connectivity index (χ1v) is 9.34. The van der Waals surface area contributed by atoms with Gasteiger partial charge in [0.2, 0.25) is 0 Å². The molecule has 4 aliphatic rings. The number of rotatable bonds is 4. The van der Waals surface area contributed by atoms with Crippen LogP contribution >= 0.6 is 24.0 Å². The monoisotopic (exact) mass is 417 g/mol. The third-order valence-corrected chi connectivity index (χ3v) is 6.49. The van der Waals surface area contributed by atoms with Gasteiger partial charge in [-0.15, -0.1) is 24.0 Å². The summed E-state index contributed by atoms with van der Waals surface area (Å²) < 4.78 is 0. The van der Waals surface area contributed by atoms with E-state index in [0.717, 1.165) is 30.8 Å². The first-order chi connectivity index (χ1) is 10.3. The second-order valence-electron chi connectivity index (χ2n) is 8.02. The van der Waals surface area contributed by atoms with Gasteiger partial charge in [-0.2, -0.15) is 0 Å². The van der Waals surface area contributed by atoms with Gasteiger partial charge in [-0.3, -0.25) is 4.99 Å². The Morgan fingerprint density at radius 3 is 2.23 bits per heavy atom. The first-order valence-electron chi connectivity index (χ1n) is 9.34. The van der Waals surface area contributed by atoms with Crippen molar-refractivity contribution in [1.82, 2.24) is 10.2 Å². The molecule has 1 N–H and O–H groups in total. The molecule has 1 aliphatic heterocycles. The van der Waals surface area contributed by atoms with Gasteiger partial charge in [0.15, 0.2) is 5.96 Å². The fraction of sp³-hybridized carbons (Fsp3) is 0.944. The summed E-state index contributed by atoms with van der Waals surface area (Å²) in [6.45, 7) is 6.80. The van der Waals surface area contributed by atoms with E-state index in [1.165, 1.54) is 70.4 Å². The highest BCUT2D eigenvalue weighted by molar-refractivity contribution is 14.0. The van der Waals surface area contributed by atoms with Crippen LogP contribution in [0.15, 0.2) is 4.99 Å². The molecule has 0 spiro atoms. The molecule has 3 aliphatic carbocycles. The van der Waals surface area contributed by atoms with Crippen molar-refractivity contribution in [2.45, 2.75) is 58.3 Å². The van der Waals surface area contributed by atoms with Crippen LogP contribution in [0.4, 0.5) is 0 Å². The SMILES string of the molecule is CCNC(=NCC1(C2CC2)CC1)N1CC2CCCCC2C1.I. The number of nitrogens with one attached hydrogen (secondary N) is 1. The molecule has 1 heterocycles. The van der Waals surface area contributed by atoms with Crippen molar-refractivity contribution in [3.8, 4) is 0 Å². The minimum Gasteiger partial charge on any atom is -0.357 e. The summed E-state index contributed by atoms with van der Waals surface area (Å²) in [5, 5.41) is 3.57. The minimum absolute atomic E-state index is 0. The van der Waals surface area contributed by atoms with Gasteiger partial charge >= 0.3 is 0 Å². The summed E-state index contributed by atoms with van der Waals surface area (Å²) in [6, 6.07) is 0. The first kappa shape index (κ1) is 16.8. The van der Waals surface area contributed by atoms with E-state index in [1.807, 2.05) is 0 Å². The maximum atomic E-state index is 5.08. The number of likely N-dealkylation sites (tertiary alicyclic amines) is 1. The van der Waals surface area contributed by atoms with E-state index in [9.17, 15) is 0 Å². The Kier molecular flexibility index (Phi) is 5.25. The van der Waals surface area contributed by atoms with Crippen LogP contribution in [0, 0.1) is 23.2 Å². The van der Waals surface area contributed by atoms with E-state index in [0.29, 0.717) is 5.41 Å². The normalized spacial score (nSPS) is 33.1. The topological polar surface area (TPSA) is 27.6 Å². The quantitative estimate of drug-likeness (QED) is 0.427. The van der Waals surface area contributed by atoms with Gasteiger partial charge in [0.1, 0.15) is 0 Å². The molecule has 3 nitrogen and oxygen atoms in total. The van der Waals surface area contributed by atoms with Crippen LogP contribution in [0.25, 0.3) is 0 Å². The molecule has 0 radical (unpaired) electrons. The second kappa shape index (κ2) is 6.86. The number of aliphatic imine (C=N–C) groups is 1. The zero-order valence-electron chi connectivity index (χ0n) is 14.0. The van der Waals surface area contributed by atoms with Crippen molar-refractivity contribution in [2.75, 3.05) is 26.2 Å². The summed E-state index contributed by atoms with van der Waals surface area (Å²) in [5.41, 5.74) is 0.632. The fourth-order valence-electron chi connectivity index (χ4n) is 4.79. The number of fused-ring (bicyclic) bond motifs is 1. The van der Waals surface area contributed by atoms with Gasteiger partial charge in [0.25, 0.3) is 0 Å². The molecule has 22 heavy (non-hydrogen) atoms. The molecule has 0 aromatic carbocycles. The molecule has 4 rings (SSSR count). The molecular formula is C18H32IN3. The zero-order chi connectivity index (χ0) is 14.3. The summed E-state index contributed by atoms with van der Waals surface area (Å²) in [7, 11) is 0. The van der Waals surface area contributed by atoms with E-state index in [1.54, 1.807) is 0 Å². The van der Waals surface area contributed by atoms with Gasteiger partial charge in [-0.05, 0) is 68.6 Å². The fourth-order valence-corrected chi connectivity index (χ4v) is 4.79. The molecule has 0 bridgehead atoms. The summed E-state index contributed by atoms with van der Waals surface area (Å²) >= 11 is 0. The lowest BCUT2D eigenvalue weighted by Gasteiger charge is -2.23. The molecule has 0 aromatic rings. The molecular weight excluding hydrogens is 385 g/mol. The van der Waals surface area contributed by atoms with E-state index >= 15 is 0 Å². The Hall–Kier alpha value is 0. The van der Waals surface area contributed by atoms with Crippen molar-refractivity contribution < 1.29 is 0 Å². The van der Waals surface area contributed by atoms with Crippen LogP contribution in [0.2, 0.25) is 0 Å². The summed E-state index contributed by atoms with van der Waals surface area (Å²) in [5.74, 6) is 4.13. The molecule has 2 unspecified atom stereocenters. The standard InChI is InChI=1S/C18H31N3.HI/c1-2-19-17(20-13-18(9-10-18)16-7-8-16)21-11-14-5-3-4-6-15(14)12-21;/h14-16H,2-13H2,1H3,(H,19,20);1H. The highest BCUT2D eigenvalue weighted by Gasteiger charge is 2.53. The summed E-state index contributed by atoms with van der Waals surface area (Å²) in [6.07, 6.45) is 11.6. The Morgan fingerprint density at radius 2 is 1.73 bits per heavy atom. The third-order valence-electron chi connectivity index (χ3n) is 6.49. The van der Waals surface area contributed by atoms with Gasteiger partial charge in [0.05, 0.1) is 0 Å². The second-order valence-corrected chi connectivity index (χ2v) is 8.02. The number of hydrogen-bond donors (Lipinski definition) is 1.